The predicted molar refractivity (Wildman–Crippen MR) is 63.1 cm³/mol. The van der Waals surface area contributed by atoms with Crippen molar-refractivity contribution in [1.29, 1.82) is 0 Å². The molecule has 0 spiro atoms. The van der Waals surface area contributed by atoms with Crippen molar-refractivity contribution in [2.24, 2.45) is 0 Å². The van der Waals surface area contributed by atoms with E-state index in [0.717, 1.165) is 11.4 Å². The molecule has 0 bridgehead atoms. The molecule has 1 rings (SSSR count). The molecule has 0 N–H and O–H groups in total. The zero-order valence-corrected chi connectivity index (χ0v) is 8.23. The Labute approximate surface area is 101 Å². The lowest BCUT2D eigenvalue weighted by Gasteiger charge is -1.96. The second-order valence-corrected chi connectivity index (χ2v) is 3.55. The molecular formula is C11H15ClMg. The van der Waals surface area contributed by atoms with Crippen LogP contribution in [-0.4, -0.2) is 23.1 Å². The molecule has 0 aliphatic rings. The Bertz CT molecular complexity index is 271. The van der Waals surface area contributed by atoms with E-state index in [1.54, 1.807) is 0 Å². The van der Waals surface area contributed by atoms with Gasteiger partial charge in [-0.05, 0) is 38.0 Å². The van der Waals surface area contributed by atoms with Crippen LogP contribution in [0.1, 0.15) is 19.4 Å². The molecule has 1 aromatic rings. The van der Waals surface area contributed by atoms with E-state index in [4.69, 9.17) is 11.6 Å². The summed E-state index contributed by atoms with van der Waals surface area (Å²) < 4.78 is 0. The van der Waals surface area contributed by atoms with Crippen molar-refractivity contribution in [1.82, 2.24) is 0 Å². The van der Waals surface area contributed by atoms with Gasteiger partial charge >= 0.3 is 23.1 Å². The molecule has 0 heterocycles. The summed E-state index contributed by atoms with van der Waals surface area (Å²) in [5.74, 6) is 0. The van der Waals surface area contributed by atoms with Gasteiger partial charge in [0.2, 0.25) is 0 Å². The highest BCUT2D eigenvalue weighted by Gasteiger charge is 1.89. The third kappa shape index (κ3) is 5.35. The number of allylic oxidation sites excluding steroid dienone is 2. The molecule has 0 fully saturated rings. The largest absolute Gasteiger partial charge is 0.316 e. The fraction of sp³-hybridized carbons (Fsp3) is 0.273. The van der Waals surface area contributed by atoms with Crippen molar-refractivity contribution in [3.8, 4) is 0 Å². The van der Waals surface area contributed by atoms with Gasteiger partial charge in [-0.25, -0.2) is 0 Å². The highest BCUT2D eigenvalue weighted by molar-refractivity contribution is 6.30. The van der Waals surface area contributed by atoms with Gasteiger partial charge in [0.25, 0.3) is 0 Å². The second kappa shape index (κ2) is 6.47. The molecule has 0 aliphatic heterocycles. The summed E-state index contributed by atoms with van der Waals surface area (Å²) in [7, 11) is 0. The van der Waals surface area contributed by atoms with E-state index >= 15 is 0 Å². The Balaban J connectivity index is 0.00000144. The van der Waals surface area contributed by atoms with Crippen molar-refractivity contribution in [2.75, 3.05) is 0 Å². The first-order chi connectivity index (χ1) is 5.68. The smallest absolute Gasteiger partial charge is 0.0843 e. The Kier molecular flexibility index (Phi) is 6.48. The number of hydrogen-bond acceptors (Lipinski definition) is 0. The maximum absolute atomic E-state index is 5.76. The van der Waals surface area contributed by atoms with E-state index in [2.05, 4.69) is 32.1 Å². The van der Waals surface area contributed by atoms with E-state index in [1.165, 1.54) is 11.1 Å². The Morgan fingerprint density at radius 2 is 1.77 bits per heavy atom. The Morgan fingerprint density at radius 3 is 2.23 bits per heavy atom. The monoisotopic (exact) mass is 206 g/mol. The summed E-state index contributed by atoms with van der Waals surface area (Å²) in [4.78, 5) is 0. The van der Waals surface area contributed by atoms with Crippen LogP contribution in [0.2, 0.25) is 5.02 Å². The van der Waals surface area contributed by atoms with Crippen LogP contribution >= 0.6 is 11.6 Å². The number of hydrogen-bond donors (Lipinski definition) is 0. The molecule has 13 heavy (non-hydrogen) atoms. The lowest BCUT2D eigenvalue weighted by molar-refractivity contribution is 1.21. The van der Waals surface area contributed by atoms with Crippen LogP contribution in [0.5, 0.6) is 0 Å². The van der Waals surface area contributed by atoms with E-state index in [1.807, 2.05) is 12.1 Å². The molecule has 0 saturated heterocycles. The topological polar surface area (TPSA) is 0 Å². The summed E-state index contributed by atoms with van der Waals surface area (Å²) >= 11 is 5.76. The van der Waals surface area contributed by atoms with Gasteiger partial charge in [0.15, 0.2) is 0 Å². The fourth-order valence-electron chi connectivity index (χ4n) is 0.942. The number of benzene rings is 1. The minimum absolute atomic E-state index is 0. The van der Waals surface area contributed by atoms with Crippen LogP contribution in [0.15, 0.2) is 35.9 Å². The summed E-state index contributed by atoms with van der Waals surface area (Å²) in [6, 6.07) is 7.97. The van der Waals surface area contributed by atoms with Crippen molar-refractivity contribution in [2.45, 2.75) is 20.3 Å². The first-order valence-electron chi connectivity index (χ1n) is 4.06. The van der Waals surface area contributed by atoms with E-state index in [9.17, 15) is 0 Å². The second-order valence-electron chi connectivity index (χ2n) is 3.11. The maximum Gasteiger partial charge on any atom is 0.316 e. The van der Waals surface area contributed by atoms with Crippen molar-refractivity contribution < 1.29 is 0 Å². The first-order valence-corrected chi connectivity index (χ1v) is 4.44. The van der Waals surface area contributed by atoms with Crippen molar-refractivity contribution in [3.63, 3.8) is 0 Å². The average Bonchev–Trinajstić information content (AvgIpc) is 2.03. The molecular weight excluding hydrogens is 192 g/mol. The van der Waals surface area contributed by atoms with E-state index < -0.39 is 0 Å². The summed E-state index contributed by atoms with van der Waals surface area (Å²) in [6.45, 7) is 4.21. The van der Waals surface area contributed by atoms with Gasteiger partial charge < -0.3 is 0 Å². The molecule has 0 saturated carbocycles. The fourth-order valence-corrected chi connectivity index (χ4v) is 1.07. The molecule has 0 atom stereocenters. The molecule has 0 nitrogen and oxygen atoms in total. The minimum Gasteiger partial charge on any atom is -0.0843 e. The Hall–Kier alpha value is 0.0162. The quantitative estimate of drug-likeness (QED) is 0.516. The maximum atomic E-state index is 5.76. The van der Waals surface area contributed by atoms with Gasteiger partial charge in [-0.1, -0.05) is 35.4 Å². The van der Waals surface area contributed by atoms with Gasteiger partial charge in [0.05, 0.1) is 0 Å². The predicted octanol–water partition coefficient (Wildman–Crippen LogP) is 2.93. The van der Waals surface area contributed by atoms with Crippen LogP contribution in [-0.2, 0) is 6.42 Å². The average molecular weight is 207 g/mol. The van der Waals surface area contributed by atoms with Crippen LogP contribution in [0, 0.1) is 0 Å². The number of rotatable bonds is 2. The molecule has 0 aromatic heterocycles. The van der Waals surface area contributed by atoms with Crippen molar-refractivity contribution >= 4 is 34.7 Å². The molecule has 0 aliphatic carbocycles. The zero-order chi connectivity index (χ0) is 8.97. The van der Waals surface area contributed by atoms with E-state index in [0.29, 0.717) is 0 Å². The van der Waals surface area contributed by atoms with Crippen LogP contribution in [0.25, 0.3) is 0 Å². The summed E-state index contributed by atoms with van der Waals surface area (Å²) in [5.41, 5.74) is 2.66. The van der Waals surface area contributed by atoms with Crippen LogP contribution < -0.4 is 0 Å². The molecule has 1 aromatic carbocycles. The molecule has 0 radical (unpaired) electrons. The normalized spacial score (nSPS) is 8.85. The standard InChI is InChI=1S/C11H13Cl.Mg.2H/c1-9(2)3-4-10-5-7-11(12)8-6-10;;;/h3,5-8H,4H2,1-2H3;;;. The Morgan fingerprint density at radius 1 is 1.23 bits per heavy atom. The van der Waals surface area contributed by atoms with Crippen LogP contribution in [0.4, 0.5) is 0 Å². The highest BCUT2D eigenvalue weighted by Crippen LogP contribution is 2.10. The van der Waals surface area contributed by atoms with Gasteiger partial charge in [-0.3, -0.25) is 0 Å². The minimum atomic E-state index is 0. The zero-order valence-electron chi connectivity index (χ0n) is 7.47. The summed E-state index contributed by atoms with van der Waals surface area (Å²) in [5, 5.41) is 0.802. The van der Waals surface area contributed by atoms with Crippen LogP contribution in [0.3, 0.4) is 0 Å². The van der Waals surface area contributed by atoms with Gasteiger partial charge in [-0.2, -0.15) is 0 Å². The lowest BCUT2D eigenvalue weighted by Crippen LogP contribution is -1.80. The van der Waals surface area contributed by atoms with Gasteiger partial charge in [0, 0.05) is 5.02 Å². The molecule has 0 unspecified atom stereocenters. The summed E-state index contributed by atoms with van der Waals surface area (Å²) in [6.07, 6.45) is 3.21. The lowest BCUT2D eigenvalue weighted by atomic mass is 10.1. The van der Waals surface area contributed by atoms with E-state index in [-0.39, 0.29) is 23.1 Å². The third-order valence-corrected chi connectivity index (χ3v) is 1.91. The molecule has 0 amide bonds. The number of halogens is 1. The molecule has 2 heteroatoms. The van der Waals surface area contributed by atoms with Gasteiger partial charge in [-0.15, -0.1) is 0 Å². The molecule has 68 valence electrons. The SMILES string of the molecule is CC(C)=CCc1ccc(Cl)cc1.[MgH2]. The van der Waals surface area contributed by atoms with Crippen molar-refractivity contribution in [3.05, 3.63) is 46.5 Å². The third-order valence-electron chi connectivity index (χ3n) is 1.66. The first kappa shape index (κ1) is 13.0. The highest BCUT2D eigenvalue weighted by atomic mass is 35.5. The van der Waals surface area contributed by atoms with Gasteiger partial charge in [0.1, 0.15) is 0 Å².